The monoisotopic (exact) mass is 265 g/mol. The van der Waals surface area contributed by atoms with Crippen LogP contribution in [0.4, 0.5) is 0 Å². The van der Waals surface area contributed by atoms with Gasteiger partial charge in [0.1, 0.15) is 5.76 Å². The maximum atomic E-state index is 11.2. The van der Waals surface area contributed by atoms with Crippen molar-refractivity contribution >= 4 is 17.3 Å². The largest absolute Gasteiger partial charge is 0.476 e. The number of oxazole rings is 1. The van der Waals surface area contributed by atoms with Crippen molar-refractivity contribution in [2.75, 3.05) is 0 Å². The Morgan fingerprint density at radius 1 is 1.44 bits per heavy atom. The van der Waals surface area contributed by atoms with Gasteiger partial charge in [0, 0.05) is 5.92 Å². The predicted octanol–water partition coefficient (Wildman–Crippen LogP) is 3.86. The van der Waals surface area contributed by atoms with Crippen molar-refractivity contribution in [2.45, 2.75) is 26.7 Å². The first-order chi connectivity index (χ1) is 8.50. The van der Waals surface area contributed by atoms with E-state index in [4.69, 9.17) is 4.42 Å². The molecule has 2 aromatic heterocycles. The Morgan fingerprint density at radius 3 is 2.67 bits per heavy atom. The third kappa shape index (κ3) is 2.31. The van der Waals surface area contributed by atoms with Crippen LogP contribution in [-0.4, -0.2) is 16.1 Å². The number of nitrogens with zero attached hydrogens (tertiary/aromatic N) is 1. The average Bonchev–Trinajstić information content (AvgIpc) is 2.96. The molecule has 0 aliphatic rings. The van der Waals surface area contributed by atoms with E-state index in [1.54, 1.807) is 0 Å². The Balaban J connectivity index is 2.48. The number of carboxylic acids is 1. The van der Waals surface area contributed by atoms with Gasteiger partial charge in [0.05, 0.1) is 4.88 Å². The van der Waals surface area contributed by atoms with Crippen LogP contribution in [0.25, 0.3) is 10.8 Å². The second-order valence-electron chi connectivity index (χ2n) is 4.55. The Kier molecular flexibility index (Phi) is 3.52. The third-order valence-corrected chi connectivity index (χ3v) is 3.86. The molecule has 0 saturated heterocycles. The lowest BCUT2D eigenvalue weighted by molar-refractivity contribution is 0.0687. The Bertz CT molecular complexity index is 543. The Morgan fingerprint density at radius 2 is 2.17 bits per heavy atom. The molecule has 0 aromatic carbocycles. The topological polar surface area (TPSA) is 63.3 Å². The van der Waals surface area contributed by atoms with Gasteiger partial charge in [0.2, 0.25) is 5.89 Å². The highest BCUT2D eigenvalue weighted by Gasteiger charge is 2.26. The second-order valence-corrected chi connectivity index (χ2v) is 5.49. The van der Waals surface area contributed by atoms with E-state index in [0.29, 0.717) is 17.6 Å². The molecule has 0 aliphatic heterocycles. The second kappa shape index (κ2) is 4.94. The summed E-state index contributed by atoms with van der Waals surface area (Å²) in [5.41, 5.74) is 0.0274. The van der Waals surface area contributed by atoms with E-state index in [2.05, 4.69) is 4.98 Å². The van der Waals surface area contributed by atoms with Gasteiger partial charge >= 0.3 is 5.97 Å². The standard InChI is InChI=1S/C13H15NO3S/c1-7(2)8(3)11-10(13(15)16)14-12(17-11)9-5-4-6-18-9/h4-8H,1-3H3,(H,15,16). The molecule has 4 nitrogen and oxygen atoms in total. The first-order valence-electron chi connectivity index (χ1n) is 5.78. The highest BCUT2D eigenvalue weighted by atomic mass is 32.1. The Labute approximate surface area is 109 Å². The van der Waals surface area contributed by atoms with Crippen molar-refractivity contribution < 1.29 is 14.3 Å². The maximum absolute atomic E-state index is 11.2. The molecule has 1 atom stereocenters. The molecule has 0 aliphatic carbocycles. The molecule has 18 heavy (non-hydrogen) atoms. The van der Waals surface area contributed by atoms with Gasteiger partial charge < -0.3 is 9.52 Å². The molecule has 5 heteroatoms. The molecule has 1 N–H and O–H groups in total. The summed E-state index contributed by atoms with van der Waals surface area (Å²) >= 11 is 1.48. The van der Waals surface area contributed by atoms with Crippen molar-refractivity contribution in [2.24, 2.45) is 5.92 Å². The van der Waals surface area contributed by atoms with Gasteiger partial charge in [-0.05, 0) is 17.4 Å². The van der Waals surface area contributed by atoms with Crippen LogP contribution in [0.2, 0.25) is 0 Å². The molecular formula is C13H15NO3S. The fourth-order valence-corrected chi connectivity index (χ4v) is 2.25. The highest BCUT2D eigenvalue weighted by molar-refractivity contribution is 7.13. The van der Waals surface area contributed by atoms with Gasteiger partial charge in [0.15, 0.2) is 5.69 Å². The van der Waals surface area contributed by atoms with Crippen LogP contribution < -0.4 is 0 Å². The molecule has 2 rings (SSSR count). The summed E-state index contributed by atoms with van der Waals surface area (Å²) in [6.07, 6.45) is 0. The number of carboxylic acid groups (broad SMARTS) is 1. The average molecular weight is 265 g/mol. The number of rotatable bonds is 4. The molecule has 0 radical (unpaired) electrons. The van der Waals surface area contributed by atoms with Gasteiger partial charge in [-0.25, -0.2) is 9.78 Å². The summed E-state index contributed by atoms with van der Waals surface area (Å²) in [7, 11) is 0. The van der Waals surface area contributed by atoms with Crippen molar-refractivity contribution in [1.82, 2.24) is 4.98 Å². The van der Waals surface area contributed by atoms with Gasteiger partial charge in [0.25, 0.3) is 0 Å². The minimum absolute atomic E-state index is 0.0253. The first-order valence-corrected chi connectivity index (χ1v) is 6.66. The molecule has 0 saturated carbocycles. The van der Waals surface area contributed by atoms with Crippen LogP contribution in [0.1, 0.15) is 42.9 Å². The zero-order chi connectivity index (χ0) is 13.3. The highest BCUT2D eigenvalue weighted by Crippen LogP contribution is 2.32. The van der Waals surface area contributed by atoms with Crippen LogP contribution in [-0.2, 0) is 0 Å². The molecular weight excluding hydrogens is 250 g/mol. The lowest BCUT2D eigenvalue weighted by Crippen LogP contribution is -2.08. The van der Waals surface area contributed by atoms with E-state index in [1.165, 1.54) is 11.3 Å². The van der Waals surface area contributed by atoms with E-state index in [9.17, 15) is 9.90 Å². The normalized spacial score (nSPS) is 12.9. The zero-order valence-corrected chi connectivity index (χ0v) is 11.3. The number of hydrogen-bond donors (Lipinski definition) is 1. The van der Waals surface area contributed by atoms with Crippen LogP contribution in [0.5, 0.6) is 0 Å². The van der Waals surface area contributed by atoms with Crippen molar-refractivity contribution in [3.05, 3.63) is 29.0 Å². The van der Waals surface area contributed by atoms with E-state index >= 15 is 0 Å². The summed E-state index contributed by atoms with van der Waals surface area (Å²) in [6.45, 7) is 6.02. The van der Waals surface area contributed by atoms with Crippen LogP contribution in [0.15, 0.2) is 21.9 Å². The summed E-state index contributed by atoms with van der Waals surface area (Å²) in [5, 5.41) is 11.1. The summed E-state index contributed by atoms with van der Waals surface area (Å²) in [5.74, 6) is 0.138. The van der Waals surface area contributed by atoms with Gasteiger partial charge in [-0.15, -0.1) is 11.3 Å². The number of hydrogen-bond acceptors (Lipinski definition) is 4. The molecule has 0 bridgehead atoms. The third-order valence-electron chi connectivity index (χ3n) is 3.00. The summed E-state index contributed by atoms with van der Waals surface area (Å²) in [4.78, 5) is 16.2. The Hall–Kier alpha value is -1.62. The molecule has 1 unspecified atom stereocenters. The number of thiophene rings is 1. The van der Waals surface area contributed by atoms with Crippen LogP contribution >= 0.6 is 11.3 Å². The zero-order valence-electron chi connectivity index (χ0n) is 10.5. The van der Waals surface area contributed by atoms with E-state index in [1.807, 2.05) is 38.3 Å². The molecule has 0 amide bonds. The van der Waals surface area contributed by atoms with E-state index in [0.717, 1.165) is 4.88 Å². The number of aromatic carboxylic acids is 1. The molecule has 96 valence electrons. The number of aromatic nitrogens is 1. The summed E-state index contributed by atoms with van der Waals surface area (Å²) in [6, 6.07) is 3.75. The minimum atomic E-state index is -1.04. The van der Waals surface area contributed by atoms with Crippen molar-refractivity contribution in [3.8, 4) is 10.8 Å². The predicted molar refractivity (Wildman–Crippen MR) is 70.0 cm³/mol. The van der Waals surface area contributed by atoms with Gasteiger partial charge in [-0.3, -0.25) is 0 Å². The van der Waals surface area contributed by atoms with Gasteiger partial charge in [-0.1, -0.05) is 26.8 Å². The lowest BCUT2D eigenvalue weighted by atomic mass is 9.94. The smallest absolute Gasteiger partial charge is 0.358 e. The lowest BCUT2D eigenvalue weighted by Gasteiger charge is -2.12. The molecule has 0 fully saturated rings. The fraction of sp³-hybridized carbons (Fsp3) is 0.385. The maximum Gasteiger partial charge on any atom is 0.358 e. The fourth-order valence-electron chi connectivity index (χ4n) is 1.60. The van der Waals surface area contributed by atoms with Crippen molar-refractivity contribution in [1.29, 1.82) is 0 Å². The molecule has 0 spiro atoms. The molecule has 2 heterocycles. The first kappa shape index (κ1) is 12.8. The minimum Gasteiger partial charge on any atom is -0.476 e. The van der Waals surface area contributed by atoms with E-state index < -0.39 is 5.97 Å². The summed E-state index contributed by atoms with van der Waals surface area (Å²) < 4.78 is 5.66. The molecule has 2 aromatic rings. The number of carbonyl (C=O) groups is 1. The SMILES string of the molecule is CC(C)C(C)c1oc(-c2cccs2)nc1C(=O)O. The van der Waals surface area contributed by atoms with Crippen LogP contribution in [0.3, 0.4) is 0 Å². The quantitative estimate of drug-likeness (QED) is 0.911. The van der Waals surface area contributed by atoms with Crippen LogP contribution in [0, 0.1) is 5.92 Å². The van der Waals surface area contributed by atoms with Gasteiger partial charge in [-0.2, -0.15) is 0 Å². The van der Waals surface area contributed by atoms with Crippen molar-refractivity contribution in [3.63, 3.8) is 0 Å². The van der Waals surface area contributed by atoms with E-state index in [-0.39, 0.29) is 11.6 Å².